The first-order valence-corrected chi connectivity index (χ1v) is 9.22. The van der Waals surface area contributed by atoms with E-state index in [1.165, 1.54) is 18.4 Å². The summed E-state index contributed by atoms with van der Waals surface area (Å²) in [4.78, 5) is 28.8. The molecule has 0 spiro atoms. The van der Waals surface area contributed by atoms with Crippen molar-refractivity contribution in [3.63, 3.8) is 0 Å². The number of amides is 2. The summed E-state index contributed by atoms with van der Waals surface area (Å²) in [6.07, 6.45) is 0. The van der Waals surface area contributed by atoms with Crippen molar-refractivity contribution in [1.29, 1.82) is 0 Å². The van der Waals surface area contributed by atoms with Crippen LogP contribution in [0.5, 0.6) is 5.75 Å². The highest BCUT2D eigenvalue weighted by atomic mass is 32.1. The van der Waals surface area contributed by atoms with Crippen LogP contribution in [0, 0.1) is 0 Å². The molecule has 0 aliphatic rings. The monoisotopic (exact) mass is 393 g/mol. The maximum Gasteiger partial charge on any atom is 0.345 e. The first-order valence-electron chi connectivity index (χ1n) is 8.34. The highest BCUT2D eigenvalue weighted by Crippen LogP contribution is 2.29. The molecule has 0 unspecified atom stereocenters. The molecule has 140 valence electrons. The Hall–Kier alpha value is -3.65. The van der Waals surface area contributed by atoms with Crippen molar-refractivity contribution in [1.82, 2.24) is 4.98 Å². The van der Waals surface area contributed by atoms with E-state index in [9.17, 15) is 9.59 Å². The van der Waals surface area contributed by atoms with Gasteiger partial charge in [-0.15, -0.1) is 11.3 Å². The fraction of sp³-hybridized carbons (Fsp3) is 0.0500. The van der Waals surface area contributed by atoms with Gasteiger partial charge < -0.3 is 14.5 Å². The van der Waals surface area contributed by atoms with Crippen molar-refractivity contribution in [3.05, 3.63) is 70.4 Å². The van der Waals surface area contributed by atoms with Crippen LogP contribution in [0.15, 0.2) is 69.2 Å². The molecule has 0 saturated heterocycles. The van der Waals surface area contributed by atoms with Gasteiger partial charge in [-0.1, -0.05) is 30.3 Å². The van der Waals surface area contributed by atoms with E-state index in [0.717, 1.165) is 5.39 Å². The molecule has 4 rings (SSSR count). The van der Waals surface area contributed by atoms with E-state index in [4.69, 9.17) is 9.15 Å². The fourth-order valence-electron chi connectivity index (χ4n) is 2.69. The largest absolute Gasteiger partial charge is 0.493 e. The molecule has 2 N–H and O–H groups in total. The highest BCUT2D eigenvalue weighted by Gasteiger charge is 2.14. The van der Waals surface area contributed by atoms with Crippen LogP contribution < -0.4 is 21.0 Å². The summed E-state index contributed by atoms with van der Waals surface area (Å²) in [6, 6.07) is 15.7. The van der Waals surface area contributed by atoms with Gasteiger partial charge in [0.2, 0.25) is 0 Å². The van der Waals surface area contributed by atoms with Crippen molar-refractivity contribution < 1.29 is 13.9 Å². The number of benzene rings is 2. The molecule has 0 aliphatic carbocycles. The Morgan fingerprint density at radius 1 is 1.11 bits per heavy atom. The lowest BCUT2D eigenvalue weighted by atomic mass is 10.1. The number of fused-ring (bicyclic) bond motifs is 1. The molecule has 0 aliphatic heterocycles. The standard InChI is InChI=1S/C20H15N3O4S/c1-26-16-9-5-6-12-10-14(18(24)27-17(12)16)15-11-28-20(22-15)23-19(25)21-13-7-3-2-4-8-13/h2-11H,1H3,(H2,21,22,23,25). The predicted molar refractivity (Wildman–Crippen MR) is 109 cm³/mol. The molecule has 2 aromatic carbocycles. The third-order valence-electron chi connectivity index (χ3n) is 3.98. The van der Waals surface area contributed by atoms with Gasteiger partial charge in [0.15, 0.2) is 16.5 Å². The predicted octanol–water partition coefficient (Wildman–Crippen LogP) is 4.57. The van der Waals surface area contributed by atoms with Crippen LogP contribution in [0.2, 0.25) is 0 Å². The van der Waals surface area contributed by atoms with Gasteiger partial charge in [0.25, 0.3) is 0 Å². The summed E-state index contributed by atoms with van der Waals surface area (Å²) in [5, 5.41) is 8.15. The Morgan fingerprint density at radius 2 is 1.93 bits per heavy atom. The lowest BCUT2D eigenvalue weighted by Crippen LogP contribution is -2.19. The minimum absolute atomic E-state index is 0.313. The van der Waals surface area contributed by atoms with Gasteiger partial charge in [0.05, 0.1) is 18.4 Å². The number of para-hydroxylation sites is 2. The summed E-state index contributed by atoms with van der Waals surface area (Å²) in [5.74, 6) is 0.486. The average molecular weight is 393 g/mol. The molecule has 7 nitrogen and oxygen atoms in total. The fourth-order valence-corrected chi connectivity index (χ4v) is 3.40. The smallest absolute Gasteiger partial charge is 0.345 e. The van der Waals surface area contributed by atoms with Gasteiger partial charge in [-0.2, -0.15) is 0 Å². The third kappa shape index (κ3) is 3.58. The van der Waals surface area contributed by atoms with Crippen LogP contribution in [-0.4, -0.2) is 18.1 Å². The summed E-state index contributed by atoms with van der Waals surface area (Å²) in [6.45, 7) is 0. The van der Waals surface area contributed by atoms with E-state index < -0.39 is 11.7 Å². The lowest BCUT2D eigenvalue weighted by molar-refractivity contribution is 0.262. The van der Waals surface area contributed by atoms with Crippen LogP contribution in [-0.2, 0) is 0 Å². The number of ether oxygens (including phenoxy) is 1. The third-order valence-corrected chi connectivity index (χ3v) is 4.73. The topological polar surface area (TPSA) is 93.5 Å². The van der Waals surface area contributed by atoms with Gasteiger partial charge in [0, 0.05) is 16.5 Å². The van der Waals surface area contributed by atoms with Crippen LogP contribution in [0.4, 0.5) is 15.6 Å². The van der Waals surface area contributed by atoms with Crippen molar-refractivity contribution in [2.24, 2.45) is 0 Å². The zero-order valence-electron chi connectivity index (χ0n) is 14.8. The first-order chi connectivity index (χ1) is 13.6. The van der Waals surface area contributed by atoms with E-state index in [1.54, 1.807) is 29.6 Å². The Labute approximate surface area is 163 Å². The number of anilines is 2. The Balaban J connectivity index is 1.58. The molecule has 0 bridgehead atoms. The second kappa shape index (κ2) is 7.53. The van der Waals surface area contributed by atoms with Crippen LogP contribution in [0.25, 0.3) is 22.2 Å². The van der Waals surface area contributed by atoms with Crippen LogP contribution >= 0.6 is 11.3 Å². The number of nitrogens with one attached hydrogen (secondary N) is 2. The van der Waals surface area contributed by atoms with E-state index >= 15 is 0 Å². The minimum Gasteiger partial charge on any atom is -0.493 e. The van der Waals surface area contributed by atoms with Crippen molar-refractivity contribution in [3.8, 4) is 17.0 Å². The van der Waals surface area contributed by atoms with E-state index in [1.807, 2.05) is 30.3 Å². The highest BCUT2D eigenvalue weighted by molar-refractivity contribution is 7.14. The molecular formula is C20H15N3O4S. The Kier molecular flexibility index (Phi) is 4.77. The quantitative estimate of drug-likeness (QED) is 0.496. The molecule has 8 heteroatoms. The number of hydrogen-bond donors (Lipinski definition) is 2. The number of rotatable bonds is 4. The van der Waals surface area contributed by atoms with Crippen molar-refractivity contribution in [2.45, 2.75) is 0 Å². The lowest BCUT2D eigenvalue weighted by Gasteiger charge is -2.05. The molecule has 4 aromatic rings. The van der Waals surface area contributed by atoms with Gasteiger partial charge in [-0.3, -0.25) is 5.32 Å². The Morgan fingerprint density at radius 3 is 2.71 bits per heavy atom. The molecular weight excluding hydrogens is 378 g/mol. The van der Waals surface area contributed by atoms with Gasteiger partial charge in [-0.25, -0.2) is 14.6 Å². The number of hydrogen-bond acceptors (Lipinski definition) is 6. The van der Waals surface area contributed by atoms with Gasteiger partial charge >= 0.3 is 11.7 Å². The van der Waals surface area contributed by atoms with Gasteiger partial charge in [-0.05, 0) is 24.3 Å². The molecule has 28 heavy (non-hydrogen) atoms. The molecule has 2 heterocycles. The van der Waals surface area contributed by atoms with Crippen LogP contribution in [0.1, 0.15) is 0 Å². The Bertz CT molecular complexity index is 1200. The average Bonchev–Trinajstić information content (AvgIpc) is 3.15. The second-order valence-corrected chi connectivity index (χ2v) is 6.67. The molecule has 0 fully saturated rings. The number of aromatic nitrogens is 1. The maximum atomic E-state index is 12.4. The van der Waals surface area contributed by atoms with Gasteiger partial charge in [0.1, 0.15) is 0 Å². The SMILES string of the molecule is COc1cccc2cc(-c3csc(NC(=O)Nc4ccccc4)n3)c(=O)oc12. The van der Waals surface area contributed by atoms with Crippen molar-refractivity contribution >= 4 is 39.2 Å². The zero-order valence-corrected chi connectivity index (χ0v) is 15.6. The molecule has 2 amide bonds. The first kappa shape index (κ1) is 17.7. The van der Waals surface area contributed by atoms with E-state index in [0.29, 0.717) is 33.4 Å². The van der Waals surface area contributed by atoms with E-state index in [-0.39, 0.29) is 0 Å². The number of nitrogens with zero attached hydrogens (tertiary/aromatic N) is 1. The summed E-state index contributed by atoms with van der Waals surface area (Å²) >= 11 is 1.22. The maximum absolute atomic E-state index is 12.4. The zero-order chi connectivity index (χ0) is 19.5. The normalized spacial score (nSPS) is 10.6. The summed E-state index contributed by atoms with van der Waals surface area (Å²) in [5.41, 5.74) is 1.27. The number of carbonyl (C=O) groups is 1. The molecule has 0 atom stereocenters. The van der Waals surface area contributed by atoms with Crippen LogP contribution in [0.3, 0.4) is 0 Å². The molecule has 0 radical (unpaired) electrons. The molecule has 2 aromatic heterocycles. The number of methoxy groups -OCH3 is 1. The van der Waals surface area contributed by atoms with E-state index in [2.05, 4.69) is 15.6 Å². The van der Waals surface area contributed by atoms with Crippen molar-refractivity contribution in [2.75, 3.05) is 17.7 Å². The number of thiazole rings is 1. The minimum atomic E-state index is -0.525. The number of carbonyl (C=O) groups excluding carboxylic acids is 1. The second-order valence-electron chi connectivity index (χ2n) is 5.81. The number of urea groups is 1. The summed E-state index contributed by atoms with van der Waals surface area (Å²) < 4.78 is 10.6. The summed E-state index contributed by atoms with van der Waals surface area (Å²) in [7, 11) is 1.52. The molecule has 0 saturated carbocycles.